The van der Waals surface area contributed by atoms with Crippen LogP contribution in [0.5, 0.6) is 11.6 Å². The Morgan fingerprint density at radius 1 is 1.05 bits per heavy atom. The van der Waals surface area contributed by atoms with Gasteiger partial charge in [0, 0.05) is 69.4 Å². The molecule has 0 radical (unpaired) electrons. The average molecular weight is 751 g/mol. The highest BCUT2D eigenvalue weighted by atomic mass is 16.5. The van der Waals surface area contributed by atoms with Crippen molar-refractivity contribution in [3.63, 3.8) is 0 Å². The molecule has 14 nitrogen and oxygen atoms in total. The molecule has 6 rings (SSSR count). The Morgan fingerprint density at radius 3 is 2.49 bits per heavy atom. The standard InChI is InChI=1S/C41H50N8O6/c1-6-28-12-14-29(15-13-28)27(5)43-40(52)34-22-30(50)25-49(34)41(53)38(26(3)4)36-24-37(46-55-36)54-21-20-47-16-18-48(19-17-47)33-23-32(44-45-39(33)42-7-2)31-10-8-9-11-35(31)51/h1,8-15,23-24,26-27,30,34,38,50-51H,7,16-22,25H2,2-5H3,(H,42,45)(H,43,52)/t27-,30+,34-,38?/m0/s1. The van der Waals surface area contributed by atoms with Crippen molar-refractivity contribution in [2.24, 2.45) is 5.92 Å². The first-order valence-electron chi connectivity index (χ1n) is 18.9. The molecule has 0 saturated carbocycles. The van der Waals surface area contributed by atoms with Crippen molar-refractivity contribution in [3.8, 4) is 35.2 Å². The number of piperazine rings is 1. The van der Waals surface area contributed by atoms with E-state index in [1.54, 1.807) is 18.2 Å². The number of aromatic nitrogens is 3. The van der Waals surface area contributed by atoms with E-state index in [2.05, 4.69) is 41.7 Å². The number of phenolic OH excluding ortho intramolecular Hbond substituents is 1. The lowest BCUT2D eigenvalue weighted by molar-refractivity contribution is -0.141. The lowest BCUT2D eigenvalue weighted by atomic mass is 9.91. The number of benzene rings is 2. The fourth-order valence-corrected chi connectivity index (χ4v) is 7.20. The van der Waals surface area contributed by atoms with Gasteiger partial charge in [0.05, 0.1) is 23.5 Å². The van der Waals surface area contributed by atoms with Crippen LogP contribution in [0.25, 0.3) is 11.3 Å². The largest absolute Gasteiger partial charge is 0.507 e. The molecule has 1 unspecified atom stereocenters. The van der Waals surface area contributed by atoms with Gasteiger partial charge in [0.2, 0.25) is 11.8 Å². The first kappa shape index (κ1) is 39.1. The van der Waals surface area contributed by atoms with Crippen molar-refractivity contribution >= 4 is 23.3 Å². The van der Waals surface area contributed by atoms with Gasteiger partial charge < -0.3 is 39.9 Å². The number of para-hydroxylation sites is 1. The average Bonchev–Trinajstić information content (AvgIpc) is 3.82. The summed E-state index contributed by atoms with van der Waals surface area (Å²) in [6.07, 6.45) is 4.78. The predicted molar refractivity (Wildman–Crippen MR) is 209 cm³/mol. The number of aliphatic hydroxyl groups is 1. The fraction of sp³-hybridized carbons (Fsp3) is 0.439. The summed E-state index contributed by atoms with van der Waals surface area (Å²) >= 11 is 0. The van der Waals surface area contributed by atoms with Crippen LogP contribution in [-0.4, -0.2) is 112 Å². The van der Waals surface area contributed by atoms with Gasteiger partial charge in [-0.2, -0.15) is 0 Å². The van der Waals surface area contributed by atoms with Crippen LogP contribution >= 0.6 is 0 Å². The zero-order valence-electron chi connectivity index (χ0n) is 31.8. The van der Waals surface area contributed by atoms with Gasteiger partial charge in [-0.25, -0.2) is 0 Å². The van der Waals surface area contributed by atoms with Crippen molar-refractivity contribution in [2.75, 3.05) is 62.6 Å². The van der Waals surface area contributed by atoms with Crippen molar-refractivity contribution in [1.82, 2.24) is 30.5 Å². The number of rotatable bonds is 14. The molecule has 4 heterocycles. The van der Waals surface area contributed by atoms with Crippen LogP contribution in [0.4, 0.5) is 11.5 Å². The number of hydrogen-bond acceptors (Lipinski definition) is 12. The minimum Gasteiger partial charge on any atom is -0.507 e. The third-order valence-corrected chi connectivity index (χ3v) is 10.2. The summed E-state index contributed by atoms with van der Waals surface area (Å²) in [5.74, 6) is 2.51. The normalized spacial score (nSPS) is 18.5. The number of ether oxygens (including phenoxy) is 1. The second kappa shape index (κ2) is 17.7. The molecule has 0 aliphatic carbocycles. The number of phenols is 1. The Bertz CT molecular complexity index is 1970. The second-order valence-electron chi connectivity index (χ2n) is 14.4. The number of β-amino-alcohol motifs (C(OH)–C–C–N with tert-alkyl or cyclic N) is 1. The zero-order chi connectivity index (χ0) is 39.1. The highest BCUT2D eigenvalue weighted by molar-refractivity contribution is 5.91. The minimum atomic E-state index is -0.834. The number of amides is 2. The van der Waals surface area contributed by atoms with Gasteiger partial charge in [0.25, 0.3) is 5.88 Å². The summed E-state index contributed by atoms with van der Waals surface area (Å²) in [6.45, 7) is 12.6. The number of carbonyl (C=O) groups excluding carboxylic acids is 2. The van der Waals surface area contributed by atoms with Gasteiger partial charge in [0.15, 0.2) is 11.6 Å². The van der Waals surface area contributed by atoms with Crippen molar-refractivity contribution < 1.29 is 29.1 Å². The number of terminal acetylenes is 1. The van der Waals surface area contributed by atoms with Crippen LogP contribution in [0.3, 0.4) is 0 Å². The Labute approximate surface area is 321 Å². The van der Waals surface area contributed by atoms with Crippen LogP contribution in [0.15, 0.2) is 65.2 Å². The lowest BCUT2D eigenvalue weighted by Crippen LogP contribution is -2.48. The summed E-state index contributed by atoms with van der Waals surface area (Å²) in [5, 5.41) is 40.2. The summed E-state index contributed by atoms with van der Waals surface area (Å²) in [7, 11) is 0. The van der Waals surface area contributed by atoms with E-state index in [0.29, 0.717) is 42.5 Å². The van der Waals surface area contributed by atoms with Gasteiger partial charge >= 0.3 is 0 Å². The smallest absolute Gasteiger partial charge is 0.254 e. The Kier molecular flexibility index (Phi) is 12.5. The topological polar surface area (TPSA) is 169 Å². The molecule has 2 aliphatic heterocycles. The number of likely N-dealkylation sites (tertiary alicyclic amines) is 1. The summed E-state index contributed by atoms with van der Waals surface area (Å²) in [4.78, 5) is 33.6. The van der Waals surface area contributed by atoms with Gasteiger partial charge in [-0.15, -0.1) is 16.6 Å². The van der Waals surface area contributed by atoms with E-state index >= 15 is 0 Å². The van der Waals surface area contributed by atoms with Crippen molar-refractivity contribution in [3.05, 3.63) is 77.6 Å². The molecular formula is C41H50N8O6. The molecule has 290 valence electrons. The van der Waals surface area contributed by atoms with E-state index in [1.165, 1.54) is 4.90 Å². The number of anilines is 2. The zero-order valence-corrected chi connectivity index (χ0v) is 31.8. The molecule has 4 N–H and O–H groups in total. The third-order valence-electron chi connectivity index (χ3n) is 10.2. The van der Waals surface area contributed by atoms with E-state index < -0.39 is 18.1 Å². The Hall–Kier alpha value is -5.65. The first-order valence-corrected chi connectivity index (χ1v) is 18.9. The molecule has 0 bridgehead atoms. The molecule has 4 aromatic rings. The lowest BCUT2D eigenvalue weighted by Gasteiger charge is -2.36. The maximum absolute atomic E-state index is 14.1. The van der Waals surface area contributed by atoms with E-state index in [0.717, 1.165) is 43.0 Å². The second-order valence-corrected chi connectivity index (χ2v) is 14.4. The van der Waals surface area contributed by atoms with E-state index in [-0.39, 0.29) is 48.4 Å². The molecule has 14 heteroatoms. The van der Waals surface area contributed by atoms with Crippen LogP contribution < -0.4 is 20.3 Å². The van der Waals surface area contributed by atoms with Gasteiger partial charge in [-0.1, -0.05) is 44.0 Å². The maximum atomic E-state index is 14.1. The number of carbonyl (C=O) groups is 2. The molecule has 2 aromatic carbocycles. The van der Waals surface area contributed by atoms with Crippen LogP contribution in [0.1, 0.15) is 63.0 Å². The highest BCUT2D eigenvalue weighted by Gasteiger charge is 2.43. The number of nitrogens with zero attached hydrogens (tertiary/aromatic N) is 6. The van der Waals surface area contributed by atoms with Crippen LogP contribution in [-0.2, 0) is 9.59 Å². The van der Waals surface area contributed by atoms with E-state index in [4.69, 9.17) is 15.7 Å². The quantitative estimate of drug-likeness (QED) is 0.137. The van der Waals surface area contributed by atoms with Gasteiger partial charge in [0.1, 0.15) is 24.3 Å². The fourth-order valence-electron chi connectivity index (χ4n) is 7.20. The SMILES string of the molecule is C#Cc1ccc([C@H](C)NC(=O)[C@@H]2C[C@@H](O)CN2C(=O)C(c2cc(OCCN3CCN(c4cc(-c5ccccc5O)nnc4NCC)CC3)no2)C(C)C)cc1. The molecule has 2 saturated heterocycles. The Morgan fingerprint density at radius 2 is 1.80 bits per heavy atom. The van der Waals surface area contributed by atoms with Crippen LogP contribution in [0, 0.1) is 18.3 Å². The molecular weight excluding hydrogens is 701 g/mol. The monoisotopic (exact) mass is 750 g/mol. The third kappa shape index (κ3) is 9.18. The van der Waals surface area contributed by atoms with Crippen LogP contribution in [0.2, 0.25) is 0 Å². The maximum Gasteiger partial charge on any atom is 0.254 e. The number of aromatic hydroxyl groups is 1. The van der Waals surface area contributed by atoms with E-state index in [1.807, 2.05) is 70.2 Å². The molecule has 2 aromatic heterocycles. The van der Waals surface area contributed by atoms with E-state index in [9.17, 15) is 19.8 Å². The molecule has 2 fully saturated rings. The molecule has 4 atom stereocenters. The predicted octanol–water partition coefficient (Wildman–Crippen LogP) is 4.03. The summed E-state index contributed by atoms with van der Waals surface area (Å²) in [5.41, 5.74) is 3.80. The highest BCUT2D eigenvalue weighted by Crippen LogP contribution is 2.34. The number of aliphatic hydroxyl groups excluding tert-OH is 1. The Balaban J connectivity index is 1.03. The molecule has 2 amide bonds. The summed E-state index contributed by atoms with van der Waals surface area (Å²) < 4.78 is 11.7. The molecule has 0 spiro atoms. The number of nitrogens with one attached hydrogen (secondary N) is 2. The molecule has 55 heavy (non-hydrogen) atoms. The summed E-state index contributed by atoms with van der Waals surface area (Å²) in [6, 6.07) is 16.9. The number of hydrogen-bond donors (Lipinski definition) is 4. The van der Waals surface area contributed by atoms with Gasteiger partial charge in [-0.05, 0) is 60.8 Å². The molecule has 2 aliphatic rings. The van der Waals surface area contributed by atoms with Gasteiger partial charge in [-0.3, -0.25) is 14.5 Å². The first-order chi connectivity index (χ1) is 26.6. The van der Waals surface area contributed by atoms with Crippen molar-refractivity contribution in [2.45, 2.75) is 58.2 Å². The van der Waals surface area contributed by atoms with Crippen molar-refractivity contribution in [1.29, 1.82) is 0 Å². The minimum absolute atomic E-state index is 0.0437.